The van der Waals surface area contributed by atoms with E-state index in [2.05, 4.69) is 10.6 Å². The summed E-state index contributed by atoms with van der Waals surface area (Å²) in [4.78, 5) is 34.4. The Kier molecular flexibility index (Phi) is 6.56. The Morgan fingerprint density at radius 2 is 1.68 bits per heavy atom. The highest BCUT2D eigenvalue weighted by Crippen LogP contribution is 2.21. The zero-order chi connectivity index (χ0) is 16.7. The SMILES string of the molecule is CCCNC(=O)CCC(=O)Nc1cc(C(=O)O)c(C)cc1C. The van der Waals surface area contributed by atoms with Crippen molar-refractivity contribution in [3.05, 3.63) is 28.8 Å². The second kappa shape index (κ2) is 8.17. The fraction of sp³-hybridized carbons (Fsp3) is 0.438. The molecule has 120 valence electrons. The van der Waals surface area contributed by atoms with Gasteiger partial charge in [-0.15, -0.1) is 0 Å². The molecule has 0 unspecified atom stereocenters. The van der Waals surface area contributed by atoms with E-state index in [-0.39, 0.29) is 30.2 Å². The largest absolute Gasteiger partial charge is 0.478 e. The molecule has 6 nitrogen and oxygen atoms in total. The lowest BCUT2D eigenvalue weighted by molar-refractivity contribution is -0.124. The van der Waals surface area contributed by atoms with Gasteiger partial charge in [0.05, 0.1) is 5.56 Å². The quantitative estimate of drug-likeness (QED) is 0.720. The Bertz CT molecular complexity index is 582. The van der Waals surface area contributed by atoms with Crippen molar-refractivity contribution in [3.8, 4) is 0 Å². The van der Waals surface area contributed by atoms with Gasteiger partial charge in [-0.05, 0) is 37.5 Å². The van der Waals surface area contributed by atoms with Gasteiger partial charge in [0, 0.05) is 25.1 Å². The number of anilines is 1. The van der Waals surface area contributed by atoms with Gasteiger partial charge in [-0.25, -0.2) is 4.79 Å². The van der Waals surface area contributed by atoms with E-state index in [1.165, 1.54) is 6.07 Å². The fourth-order valence-corrected chi connectivity index (χ4v) is 2.01. The topological polar surface area (TPSA) is 95.5 Å². The maximum atomic E-state index is 11.9. The minimum atomic E-state index is -1.04. The van der Waals surface area contributed by atoms with Crippen LogP contribution in [0.2, 0.25) is 0 Å². The van der Waals surface area contributed by atoms with Crippen molar-refractivity contribution < 1.29 is 19.5 Å². The third-order valence-electron chi connectivity index (χ3n) is 3.23. The van der Waals surface area contributed by atoms with E-state index >= 15 is 0 Å². The van der Waals surface area contributed by atoms with Crippen LogP contribution in [-0.2, 0) is 9.59 Å². The predicted molar refractivity (Wildman–Crippen MR) is 84.0 cm³/mol. The lowest BCUT2D eigenvalue weighted by atomic mass is 10.0. The number of nitrogens with one attached hydrogen (secondary N) is 2. The average molecular weight is 306 g/mol. The second-order valence-electron chi connectivity index (χ2n) is 5.19. The molecule has 0 aliphatic rings. The molecule has 0 aliphatic carbocycles. The Morgan fingerprint density at radius 1 is 1.05 bits per heavy atom. The summed E-state index contributed by atoms with van der Waals surface area (Å²) in [6.45, 7) is 6.05. The molecule has 3 N–H and O–H groups in total. The molecule has 6 heteroatoms. The summed E-state index contributed by atoms with van der Waals surface area (Å²) in [6.07, 6.45) is 1.02. The Morgan fingerprint density at radius 3 is 2.27 bits per heavy atom. The van der Waals surface area contributed by atoms with Crippen LogP contribution in [0.15, 0.2) is 12.1 Å². The van der Waals surface area contributed by atoms with Gasteiger partial charge in [0.2, 0.25) is 11.8 Å². The molecule has 0 aromatic heterocycles. The predicted octanol–water partition coefficient (Wildman–Crippen LogP) is 2.25. The molecule has 0 heterocycles. The number of rotatable bonds is 7. The molecule has 0 fully saturated rings. The Balaban J connectivity index is 2.66. The number of carboxylic acid groups (broad SMARTS) is 1. The first-order valence-electron chi connectivity index (χ1n) is 7.26. The van der Waals surface area contributed by atoms with Crippen LogP contribution in [0.3, 0.4) is 0 Å². The molecule has 0 radical (unpaired) electrons. The third-order valence-corrected chi connectivity index (χ3v) is 3.23. The standard InChI is InChI=1S/C16H22N2O4/c1-4-7-17-14(19)5-6-15(20)18-13-9-12(16(21)22)10(2)8-11(13)3/h8-9H,4-7H2,1-3H3,(H,17,19)(H,18,20)(H,21,22). The third kappa shape index (κ3) is 5.20. The zero-order valence-corrected chi connectivity index (χ0v) is 13.2. The van der Waals surface area contributed by atoms with E-state index in [9.17, 15) is 14.4 Å². The van der Waals surface area contributed by atoms with Gasteiger partial charge in [0.15, 0.2) is 0 Å². The molecular formula is C16H22N2O4. The van der Waals surface area contributed by atoms with E-state index in [0.717, 1.165) is 12.0 Å². The molecule has 0 spiro atoms. The van der Waals surface area contributed by atoms with Crippen LogP contribution in [0.5, 0.6) is 0 Å². The number of carboxylic acids is 1. The number of benzene rings is 1. The highest BCUT2D eigenvalue weighted by Gasteiger charge is 2.13. The van der Waals surface area contributed by atoms with E-state index in [1.54, 1.807) is 19.9 Å². The van der Waals surface area contributed by atoms with Gasteiger partial charge in [0.25, 0.3) is 0 Å². The highest BCUT2D eigenvalue weighted by molar-refractivity contribution is 5.96. The molecule has 1 aromatic carbocycles. The summed E-state index contributed by atoms with van der Waals surface area (Å²) in [6, 6.07) is 3.16. The molecule has 1 aromatic rings. The first-order valence-corrected chi connectivity index (χ1v) is 7.26. The van der Waals surface area contributed by atoms with Crippen molar-refractivity contribution in [2.75, 3.05) is 11.9 Å². The van der Waals surface area contributed by atoms with Crippen LogP contribution in [0.4, 0.5) is 5.69 Å². The molecule has 0 bridgehead atoms. The summed E-state index contributed by atoms with van der Waals surface area (Å²) in [5, 5.41) is 14.5. The molecule has 0 atom stereocenters. The number of aryl methyl sites for hydroxylation is 2. The summed E-state index contributed by atoms with van der Waals surface area (Å²) in [5.74, 6) is -1.51. The smallest absolute Gasteiger partial charge is 0.336 e. The van der Waals surface area contributed by atoms with E-state index in [4.69, 9.17) is 5.11 Å². The van der Waals surface area contributed by atoms with Crippen LogP contribution in [0.25, 0.3) is 0 Å². The second-order valence-corrected chi connectivity index (χ2v) is 5.19. The van der Waals surface area contributed by atoms with Gasteiger partial charge >= 0.3 is 5.97 Å². The van der Waals surface area contributed by atoms with Gasteiger partial charge in [0.1, 0.15) is 0 Å². The molecule has 0 saturated heterocycles. The van der Waals surface area contributed by atoms with Gasteiger partial charge in [-0.2, -0.15) is 0 Å². The zero-order valence-electron chi connectivity index (χ0n) is 13.2. The summed E-state index contributed by atoms with van der Waals surface area (Å²) >= 11 is 0. The summed E-state index contributed by atoms with van der Waals surface area (Å²) in [7, 11) is 0. The average Bonchev–Trinajstić information content (AvgIpc) is 2.45. The Hall–Kier alpha value is -2.37. The normalized spacial score (nSPS) is 10.1. The highest BCUT2D eigenvalue weighted by atomic mass is 16.4. The first kappa shape index (κ1) is 17.7. The maximum Gasteiger partial charge on any atom is 0.336 e. The van der Waals surface area contributed by atoms with E-state index in [1.807, 2.05) is 6.92 Å². The monoisotopic (exact) mass is 306 g/mol. The van der Waals surface area contributed by atoms with Crippen molar-refractivity contribution in [2.45, 2.75) is 40.0 Å². The molecular weight excluding hydrogens is 284 g/mol. The van der Waals surface area contributed by atoms with E-state index < -0.39 is 5.97 Å². The van der Waals surface area contributed by atoms with Crippen molar-refractivity contribution >= 4 is 23.5 Å². The van der Waals surface area contributed by atoms with Crippen LogP contribution in [0.1, 0.15) is 47.7 Å². The van der Waals surface area contributed by atoms with Crippen molar-refractivity contribution in [2.24, 2.45) is 0 Å². The maximum absolute atomic E-state index is 11.9. The van der Waals surface area contributed by atoms with Crippen molar-refractivity contribution in [1.82, 2.24) is 5.32 Å². The number of amides is 2. The number of carbonyl (C=O) groups is 3. The summed E-state index contributed by atoms with van der Waals surface area (Å²) < 4.78 is 0. The van der Waals surface area contributed by atoms with Crippen molar-refractivity contribution in [1.29, 1.82) is 0 Å². The number of carbonyl (C=O) groups excluding carboxylic acids is 2. The number of aromatic carboxylic acids is 1. The fourth-order valence-electron chi connectivity index (χ4n) is 2.01. The Labute approximate surface area is 129 Å². The van der Waals surface area contributed by atoms with E-state index in [0.29, 0.717) is 17.8 Å². The van der Waals surface area contributed by atoms with Crippen LogP contribution in [-0.4, -0.2) is 29.4 Å². The van der Waals surface area contributed by atoms with Gasteiger partial charge < -0.3 is 15.7 Å². The number of hydrogen-bond acceptors (Lipinski definition) is 3. The van der Waals surface area contributed by atoms with Crippen LogP contribution >= 0.6 is 0 Å². The minimum Gasteiger partial charge on any atom is -0.478 e. The van der Waals surface area contributed by atoms with Crippen molar-refractivity contribution in [3.63, 3.8) is 0 Å². The summed E-state index contributed by atoms with van der Waals surface area (Å²) in [5.41, 5.74) is 2.04. The van der Waals surface area contributed by atoms with Gasteiger partial charge in [-0.1, -0.05) is 13.0 Å². The van der Waals surface area contributed by atoms with Gasteiger partial charge in [-0.3, -0.25) is 9.59 Å². The molecule has 0 aliphatic heterocycles. The molecule has 1 rings (SSSR count). The van der Waals surface area contributed by atoms with Crippen LogP contribution in [0, 0.1) is 13.8 Å². The lowest BCUT2D eigenvalue weighted by Crippen LogP contribution is -2.25. The number of hydrogen-bond donors (Lipinski definition) is 3. The molecule has 22 heavy (non-hydrogen) atoms. The lowest BCUT2D eigenvalue weighted by Gasteiger charge is -2.11. The molecule has 2 amide bonds. The minimum absolute atomic E-state index is 0.0608. The van der Waals surface area contributed by atoms with Crippen LogP contribution < -0.4 is 10.6 Å². The first-order chi connectivity index (χ1) is 10.3. The molecule has 0 saturated carbocycles.